The smallest absolute Gasteiger partial charge is 0.0351 e. The van der Waals surface area contributed by atoms with Crippen molar-refractivity contribution < 1.29 is 0 Å². The van der Waals surface area contributed by atoms with Gasteiger partial charge in [-0.15, -0.1) is 0 Å². The van der Waals surface area contributed by atoms with E-state index in [1.165, 1.54) is 116 Å². The van der Waals surface area contributed by atoms with Crippen molar-refractivity contribution in [1.29, 1.82) is 0 Å². The van der Waals surface area contributed by atoms with Gasteiger partial charge in [-0.25, -0.2) is 0 Å². The van der Waals surface area contributed by atoms with Gasteiger partial charge in [-0.05, 0) is 37.5 Å². The first-order chi connectivity index (χ1) is 12.7. The van der Waals surface area contributed by atoms with Crippen LogP contribution < -0.4 is 0 Å². The van der Waals surface area contributed by atoms with E-state index in [9.17, 15) is 0 Å². The predicted molar refractivity (Wildman–Crippen MR) is 122 cm³/mol. The molecule has 0 amide bonds. The molecule has 0 aliphatic heterocycles. The molecule has 0 nitrogen and oxygen atoms in total. The zero-order valence-electron chi connectivity index (χ0n) is 19.0. The number of hydrogen-bond donors (Lipinski definition) is 0. The molecule has 0 N–H and O–H groups in total. The molecule has 0 aliphatic rings. The maximum Gasteiger partial charge on any atom is -0.0351 e. The first kappa shape index (κ1) is 25.7. The SMILES string of the molecule is CCCCCCCCCC(C)CCCCCC=CCCCC(C)CCC. The van der Waals surface area contributed by atoms with E-state index in [-0.39, 0.29) is 0 Å². The third-order valence-electron chi connectivity index (χ3n) is 5.88. The van der Waals surface area contributed by atoms with E-state index in [1.807, 2.05) is 0 Å². The largest absolute Gasteiger partial charge is 0.0885 e. The number of rotatable bonds is 20. The van der Waals surface area contributed by atoms with E-state index >= 15 is 0 Å². The third kappa shape index (κ3) is 20.1. The third-order valence-corrected chi connectivity index (χ3v) is 5.88. The molecule has 0 saturated heterocycles. The van der Waals surface area contributed by atoms with Crippen molar-refractivity contribution >= 4 is 0 Å². The van der Waals surface area contributed by atoms with Gasteiger partial charge in [-0.2, -0.15) is 0 Å². The van der Waals surface area contributed by atoms with Crippen molar-refractivity contribution in [1.82, 2.24) is 0 Å². The number of hydrogen-bond acceptors (Lipinski definition) is 0. The molecule has 0 rings (SSSR count). The first-order valence-corrected chi connectivity index (χ1v) is 12.4. The standard InChI is InChI=1S/C26H52/c1-5-7-8-9-12-15-19-23-26(4)24-20-17-14-11-10-13-16-18-22-25(3)21-6-2/h10,13,25-26H,5-9,11-12,14-24H2,1-4H3. The van der Waals surface area contributed by atoms with Crippen LogP contribution in [-0.4, -0.2) is 0 Å². The molecule has 0 heteroatoms. The fourth-order valence-corrected chi connectivity index (χ4v) is 3.98. The summed E-state index contributed by atoms with van der Waals surface area (Å²) in [5, 5.41) is 0. The van der Waals surface area contributed by atoms with Crippen LogP contribution in [0.3, 0.4) is 0 Å². The molecule has 0 aliphatic carbocycles. The molecule has 0 aromatic carbocycles. The van der Waals surface area contributed by atoms with Gasteiger partial charge in [0.25, 0.3) is 0 Å². The zero-order chi connectivity index (χ0) is 19.3. The van der Waals surface area contributed by atoms with Crippen LogP contribution in [0.15, 0.2) is 12.2 Å². The molecular formula is C26H52. The zero-order valence-corrected chi connectivity index (χ0v) is 19.0. The molecule has 2 unspecified atom stereocenters. The Morgan fingerprint density at radius 2 is 0.923 bits per heavy atom. The van der Waals surface area contributed by atoms with Gasteiger partial charge in [-0.1, -0.05) is 130 Å². The molecule has 0 bridgehead atoms. The van der Waals surface area contributed by atoms with Crippen molar-refractivity contribution in [3.05, 3.63) is 12.2 Å². The fraction of sp³-hybridized carbons (Fsp3) is 0.923. The summed E-state index contributed by atoms with van der Waals surface area (Å²) in [5.41, 5.74) is 0. The lowest BCUT2D eigenvalue weighted by atomic mass is 9.96. The van der Waals surface area contributed by atoms with Gasteiger partial charge in [-0.3, -0.25) is 0 Å². The molecule has 156 valence electrons. The topological polar surface area (TPSA) is 0 Å². The van der Waals surface area contributed by atoms with Gasteiger partial charge in [0.2, 0.25) is 0 Å². The maximum atomic E-state index is 2.47. The molecule has 0 heterocycles. The Morgan fingerprint density at radius 1 is 0.462 bits per heavy atom. The van der Waals surface area contributed by atoms with Crippen LogP contribution in [0.5, 0.6) is 0 Å². The summed E-state index contributed by atoms with van der Waals surface area (Å²) < 4.78 is 0. The first-order valence-electron chi connectivity index (χ1n) is 12.4. The molecule has 26 heavy (non-hydrogen) atoms. The molecule has 0 spiro atoms. The second kappa shape index (κ2) is 21.0. The Hall–Kier alpha value is -0.260. The molecule has 0 fully saturated rings. The van der Waals surface area contributed by atoms with Crippen LogP contribution in [0.1, 0.15) is 143 Å². The molecule has 0 saturated carbocycles. The van der Waals surface area contributed by atoms with E-state index in [4.69, 9.17) is 0 Å². The van der Waals surface area contributed by atoms with E-state index < -0.39 is 0 Å². The van der Waals surface area contributed by atoms with E-state index in [2.05, 4.69) is 39.8 Å². The second-order valence-corrected chi connectivity index (χ2v) is 8.95. The molecule has 0 aromatic heterocycles. The minimum atomic E-state index is 0.927. The molecular weight excluding hydrogens is 312 g/mol. The normalized spacial score (nSPS) is 14.2. The van der Waals surface area contributed by atoms with E-state index in [1.54, 1.807) is 0 Å². The van der Waals surface area contributed by atoms with Gasteiger partial charge in [0.05, 0.1) is 0 Å². The van der Waals surface area contributed by atoms with Crippen molar-refractivity contribution in [3.63, 3.8) is 0 Å². The van der Waals surface area contributed by atoms with Crippen LogP contribution in [0, 0.1) is 11.8 Å². The predicted octanol–water partition coefficient (Wildman–Crippen LogP) is 9.88. The van der Waals surface area contributed by atoms with E-state index in [0.717, 1.165) is 11.8 Å². The monoisotopic (exact) mass is 364 g/mol. The van der Waals surface area contributed by atoms with Crippen molar-refractivity contribution in [2.45, 2.75) is 143 Å². The van der Waals surface area contributed by atoms with Gasteiger partial charge >= 0.3 is 0 Å². The average Bonchev–Trinajstić information content (AvgIpc) is 2.62. The number of unbranched alkanes of at least 4 members (excludes halogenated alkanes) is 10. The summed E-state index contributed by atoms with van der Waals surface area (Å²) in [7, 11) is 0. The van der Waals surface area contributed by atoms with Crippen molar-refractivity contribution in [3.8, 4) is 0 Å². The van der Waals surface area contributed by atoms with Gasteiger partial charge in [0, 0.05) is 0 Å². The Labute approximate surface area is 167 Å². The maximum absolute atomic E-state index is 2.47. The Kier molecular flexibility index (Phi) is 20.8. The Bertz CT molecular complexity index is 278. The minimum absolute atomic E-state index is 0.927. The highest BCUT2D eigenvalue weighted by molar-refractivity contribution is 4.81. The van der Waals surface area contributed by atoms with Gasteiger partial charge in [0.15, 0.2) is 0 Å². The lowest BCUT2D eigenvalue weighted by Gasteiger charge is -2.10. The lowest BCUT2D eigenvalue weighted by molar-refractivity contribution is 0.434. The second-order valence-electron chi connectivity index (χ2n) is 8.95. The molecule has 0 radical (unpaired) electrons. The molecule has 2 atom stereocenters. The minimum Gasteiger partial charge on any atom is -0.0885 e. The van der Waals surface area contributed by atoms with Crippen LogP contribution in [0.2, 0.25) is 0 Å². The summed E-state index contributed by atoms with van der Waals surface area (Å²) in [5.74, 6) is 1.88. The van der Waals surface area contributed by atoms with Crippen LogP contribution >= 0.6 is 0 Å². The quantitative estimate of drug-likeness (QED) is 0.149. The highest BCUT2D eigenvalue weighted by Gasteiger charge is 2.02. The summed E-state index contributed by atoms with van der Waals surface area (Å²) in [4.78, 5) is 0. The molecule has 0 aromatic rings. The summed E-state index contributed by atoms with van der Waals surface area (Å²) >= 11 is 0. The fourth-order valence-electron chi connectivity index (χ4n) is 3.98. The van der Waals surface area contributed by atoms with Crippen LogP contribution in [-0.2, 0) is 0 Å². The van der Waals surface area contributed by atoms with Gasteiger partial charge in [0.1, 0.15) is 0 Å². The van der Waals surface area contributed by atoms with Crippen LogP contribution in [0.4, 0.5) is 0 Å². The summed E-state index contributed by atoms with van der Waals surface area (Å²) in [6.45, 7) is 9.47. The Balaban J connectivity index is 3.27. The number of allylic oxidation sites excluding steroid dienone is 2. The lowest BCUT2D eigenvalue weighted by Crippen LogP contribution is -1.95. The summed E-state index contributed by atoms with van der Waals surface area (Å²) in [6.07, 6.45) is 30.3. The highest BCUT2D eigenvalue weighted by atomic mass is 14.1. The van der Waals surface area contributed by atoms with Gasteiger partial charge < -0.3 is 0 Å². The highest BCUT2D eigenvalue weighted by Crippen LogP contribution is 2.18. The Morgan fingerprint density at radius 3 is 1.54 bits per heavy atom. The van der Waals surface area contributed by atoms with Crippen molar-refractivity contribution in [2.75, 3.05) is 0 Å². The van der Waals surface area contributed by atoms with Crippen LogP contribution in [0.25, 0.3) is 0 Å². The van der Waals surface area contributed by atoms with E-state index in [0.29, 0.717) is 0 Å². The summed E-state index contributed by atoms with van der Waals surface area (Å²) in [6, 6.07) is 0. The van der Waals surface area contributed by atoms with Crippen molar-refractivity contribution in [2.24, 2.45) is 11.8 Å². The average molecular weight is 365 g/mol.